The number of likely N-dealkylation sites (tertiary alicyclic amines) is 1. The van der Waals surface area contributed by atoms with Crippen molar-refractivity contribution < 1.29 is 0 Å². The van der Waals surface area contributed by atoms with Crippen molar-refractivity contribution in [3.05, 3.63) is 34.7 Å². The quantitative estimate of drug-likeness (QED) is 0.556. The Balaban J connectivity index is 1.20. The molecule has 0 radical (unpaired) electrons. The minimum Gasteiger partial charge on any atom is -0.370 e. The van der Waals surface area contributed by atoms with E-state index in [1.165, 1.54) is 25.9 Å². The first kappa shape index (κ1) is 20.5. The number of rotatable bonds is 5. The van der Waals surface area contributed by atoms with Gasteiger partial charge in [0, 0.05) is 43.8 Å². The lowest BCUT2D eigenvalue weighted by Gasteiger charge is -2.46. The van der Waals surface area contributed by atoms with Gasteiger partial charge >= 0.3 is 0 Å². The molecule has 0 bridgehead atoms. The Hall–Kier alpha value is -2.09. The number of hydrogen-bond donors (Lipinski definition) is 1. The van der Waals surface area contributed by atoms with Crippen LogP contribution in [-0.2, 0) is 0 Å². The van der Waals surface area contributed by atoms with E-state index in [-0.39, 0.29) is 0 Å². The third-order valence-electron chi connectivity index (χ3n) is 6.94. The highest BCUT2D eigenvalue weighted by atomic mass is 35.5. The van der Waals surface area contributed by atoms with Crippen LogP contribution < -0.4 is 10.2 Å². The van der Waals surface area contributed by atoms with Gasteiger partial charge in [-0.2, -0.15) is 5.10 Å². The second-order valence-corrected chi connectivity index (χ2v) is 10.2. The maximum absolute atomic E-state index is 6.67. The summed E-state index contributed by atoms with van der Waals surface area (Å²) in [5.41, 5.74) is 2.65. The molecule has 7 nitrogen and oxygen atoms in total. The van der Waals surface area contributed by atoms with Gasteiger partial charge in [-0.3, -0.25) is 4.90 Å². The molecule has 2 aliphatic heterocycles. The molecular weight excluding hydrogens is 445 g/mol. The highest BCUT2D eigenvalue weighted by molar-refractivity contribution is 6.34. The van der Waals surface area contributed by atoms with Gasteiger partial charge in [0.15, 0.2) is 5.15 Å². The SMILES string of the molecule is CC1CN(C2CCN(c3cc4nc(Nc5cnn(C6CC6)c5Cl)ncc4cc3Cl)CC2)C1. The maximum atomic E-state index is 6.67. The fourth-order valence-corrected chi connectivity index (χ4v) is 5.55. The number of anilines is 3. The van der Waals surface area contributed by atoms with E-state index in [2.05, 4.69) is 38.2 Å². The van der Waals surface area contributed by atoms with E-state index < -0.39 is 0 Å². The number of piperidine rings is 1. The van der Waals surface area contributed by atoms with Crippen LogP contribution in [0.25, 0.3) is 10.9 Å². The normalized spacial score (nSPS) is 20.7. The van der Waals surface area contributed by atoms with Gasteiger partial charge in [0.2, 0.25) is 5.95 Å². The molecule has 0 unspecified atom stereocenters. The van der Waals surface area contributed by atoms with Gasteiger partial charge in [-0.05, 0) is 43.7 Å². The fraction of sp³-hybridized carbons (Fsp3) is 0.522. The lowest BCUT2D eigenvalue weighted by atomic mass is 9.94. The van der Waals surface area contributed by atoms with Crippen LogP contribution >= 0.6 is 23.2 Å². The topological polar surface area (TPSA) is 62.1 Å². The lowest BCUT2D eigenvalue weighted by Crippen LogP contribution is -2.54. The third kappa shape index (κ3) is 3.80. The average Bonchev–Trinajstić information content (AvgIpc) is 3.55. The zero-order valence-corrected chi connectivity index (χ0v) is 19.6. The lowest BCUT2D eigenvalue weighted by molar-refractivity contribution is 0.0503. The van der Waals surface area contributed by atoms with Crippen molar-refractivity contribution in [2.24, 2.45) is 5.92 Å². The van der Waals surface area contributed by atoms with Crippen LogP contribution in [0.3, 0.4) is 0 Å². The molecule has 0 spiro atoms. The molecule has 3 aliphatic rings. The Kier molecular flexibility index (Phi) is 5.16. The van der Waals surface area contributed by atoms with E-state index in [1.807, 2.05) is 10.7 Å². The van der Waals surface area contributed by atoms with E-state index in [4.69, 9.17) is 28.2 Å². The predicted molar refractivity (Wildman–Crippen MR) is 129 cm³/mol. The molecule has 168 valence electrons. The minimum absolute atomic E-state index is 0.425. The zero-order chi connectivity index (χ0) is 21.8. The zero-order valence-electron chi connectivity index (χ0n) is 18.1. The fourth-order valence-electron chi connectivity index (χ4n) is 4.99. The van der Waals surface area contributed by atoms with E-state index in [1.54, 1.807) is 12.4 Å². The Bertz CT molecular complexity index is 1140. The summed E-state index contributed by atoms with van der Waals surface area (Å²) in [7, 11) is 0. The standard InChI is InChI=1S/C23H27Cl2N7/c1-14-12-31(13-14)16-4-6-30(7-5-16)21-9-19-15(8-18(21)24)10-26-23(28-19)29-20-11-27-32(22(20)25)17-2-3-17/h8-11,14,16-17H,2-7,12-13H2,1H3,(H,26,28,29). The summed E-state index contributed by atoms with van der Waals surface area (Å²) in [5, 5.41) is 9.91. The van der Waals surface area contributed by atoms with Gasteiger partial charge in [-0.25, -0.2) is 14.6 Å². The first-order valence-corrected chi connectivity index (χ1v) is 12.3. The van der Waals surface area contributed by atoms with Gasteiger partial charge in [0.05, 0.1) is 34.2 Å². The number of fused-ring (bicyclic) bond motifs is 1. The molecule has 1 aromatic carbocycles. The van der Waals surface area contributed by atoms with Crippen molar-refractivity contribution in [3.63, 3.8) is 0 Å². The molecule has 9 heteroatoms. The number of nitrogens with zero attached hydrogens (tertiary/aromatic N) is 6. The molecule has 1 N–H and O–H groups in total. The monoisotopic (exact) mass is 471 g/mol. The van der Waals surface area contributed by atoms with Crippen LogP contribution in [0.1, 0.15) is 38.6 Å². The number of hydrogen-bond acceptors (Lipinski definition) is 6. The van der Waals surface area contributed by atoms with Crippen molar-refractivity contribution >= 4 is 51.4 Å². The second kappa shape index (κ2) is 8.04. The first-order chi connectivity index (χ1) is 15.5. The van der Waals surface area contributed by atoms with Crippen LogP contribution in [0, 0.1) is 5.92 Å². The van der Waals surface area contributed by atoms with Crippen LogP contribution in [0.4, 0.5) is 17.3 Å². The van der Waals surface area contributed by atoms with Gasteiger partial charge in [-0.15, -0.1) is 0 Å². The van der Waals surface area contributed by atoms with E-state index >= 15 is 0 Å². The average molecular weight is 472 g/mol. The summed E-state index contributed by atoms with van der Waals surface area (Å²) in [6.45, 7) is 6.87. The summed E-state index contributed by atoms with van der Waals surface area (Å²) in [5.74, 6) is 1.36. The molecule has 6 rings (SSSR count). The molecule has 0 amide bonds. The largest absolute Gasteiger partial charge is 0.370 e. The minimum atomic E-state index is 0.425. The van der Waals surface area contributed by atoms with E-state index in [0.717, 1.165) is 59.1 Å². The summed E-state index contributed by atoms with van der Waals surface area (Å²) >= 11 is 13.2. The van der Waals surface area contributed by atoms with Crippen molar-refractivity contribution in [2.45, 2.75) is 44.7 Å². The molecule has 3 aromatic rings. The molecule has 2 saturated heterocycles. The molecule has 3 fully saturated rings. The van der Waals surface area contributed by atoms with Crippen molar-refractivity contribution in [3.8, 4) is 0 Å². The number of benzene rings is 1. The Morgan fingerprint density at radius 2 is 1.78 bits per heavy atom. The predicted octanol–water partition coefficient (Wildman–Crippen LogP) is 5.13. The van der Waals surface area contributed by atoms with E-state index in [0.29, 0.717) is 23.2 Å². The van der Waals surface area contributed by atoms with Crippen molar-refractivity contribution in [1.29, 1.82) is 0 Å². The Labute approximate surface area is 197 Å². The summed E-state index contributed by atoms with van der Waals surface area (Å²) in [6, 6.07) is 5.19. The van der Waals surface area contributed by atoms with E-state index in [9.17, 15) is 0 Å². The van der Waals surface area contributed by atoms with Crippen molar-refractivity contribution in [2.75, 3.05) is 36.4 Å². The van der Waals surface area contributed by atoms with Crippen molar-refractivity contribution in [1.82, 2.24) is 24.6 Å². The number of aromatic nitrogens is 4. The van der Waals surface area contributed by atoms with Gasteiger partial charge < -0.3 is 10.2 Å². The van der Waals surface area contributed by atoms with Gasteiger partial charge in [0.25, 0.3) is 0 Å². The molecule has 4 heterocycles. The first-order valence-electron chi connectivity index (χ1n) is 11.5. The van der Waals surface area contributed by atoms with Gasteiger partial charge in [-0.1, -0.05) is 30.1 Å². The van der Waals surface area contributed by atoms with Crippen LogP contribution in [0.2, 0.25) is 10.2 Å². The Morgan fingerprint density at radius 1 is 1.00 bits per heavy atom. The molecular formula is C23H27Cl2N7. The smallest absolute Gasteiger partial charge is 0.227 e. The molecule has 1 saturated carbocycles. The Morgan fingerprint density at radius 3 is 2.50 bits per heavy atom. The summed E-state index contributed by atoms with van der Waals surface area (Å²) < 4.78 is 1.87. The molecule has 32 heavy (non-hydrogen) atoms. The van der Waals surface area contributed by atoms with Gasteiger partial charge in [0.1, 0.15) is 0 Å². The third-order valence-corrected chi connectivity index (χ3v) is 7.62. The number of halogens is 2. The summed E-state index contributed by atoms with van der Waals surface area (Å²) in [6.07, 6.45) is 8.17. The highest BCUT2D eigenvalue weighted by Gasteiger charge is 2.32. The van der Waals surface area contributed by atoms with Crippen LogP contribution in [-0.4, -0.2) is 56.9 Å². The molecule has 1 aliphatic carbocycles. The van der Waals surface area contributed by atoms with Crippen LogP contribution in [0.15, 0.2) is 24.5 Å². The second-order valence-electron chi connectivity index (χ2n) is 9.48. The van der Waals surface area contributed by atoms with Crippen LogP contribution in [0.5, 0.6) is 0 Å². The highest BCUT2D eigenvalue weighted by Crippen LogP contribution is 2.39. The molecule has 0 atom stereocenters. The number of nitrogens with one attached hydrogen (secondary N) is 1. The molecule has 2 aromatic heterocycles. The summed E-state index contributed by atoms with van der Waals surface area (Å²) in [4.78, 5) is 14.2. The maximum Gasteiger partial charge on any atom is 0.227 e.